The minimum Gasteiger partial charge on any atom is -0.376 e. The summed E-state index contributed by atoms with van der Waals surface area (Å²) < 4.78 is 19.1. The predicted octanol–water partition coefficient (Wildman–Crippen LogP) is 3.63. The number of anilines is 1. The number of nitrogens with zero attached hydrogens (tertiary/aromatic N) is 1. The van der Waals surface area contributed by atoms with Gasteiger partial charge < -0.3 is 15.0 Å². The van der Waals surface area contributed by atoms with Crippen molar-refractivity contribution in [3.05, 3.63) is 65.0 Å². The number of hydrogen-bond acceptors (Lipinski definition) is 3. The summed E-state index contributed by atoms with van der Waals surface area (Å²) in [4.78, 5) is 27.1. The molecule has 1 aliphatic heterocycles. The van der Waals surface area contributed by atoms with E-state index >= 15 is 0 Å². The lowest BCUT2D eigenvalue weighted by Gasteiger charge is -2.25. The average Bonchev–Trinajstić information content (AvgIpc) is 3.18. The van der Waals surface area contributed by atoms with Gasteiger partial charge in [0.2, 0.25) is 11.8 Å². The van der Waals surface area contributed by atoms with Gasteiger partial charge in [-0.05, 0) is 61.6 Å². The Hall–Kier alpha value is -2.73. The van der Waals surface area contributed by atoms with Crippen molar-refractivity contribution < 1.29 is 18.7 Å². The summed E-state index contributed by atoms with van der Waals surface area (Å²) in [6, 6.07) is 11.7. The van der Waals surface area contributed by atoms with Gasteiger partial charge in [-0.2, -0.15) is 0 Å². The molecule has 1 fully saturated rings. The molecule has 1 unspecified atom stereocenters. The molecule has 2 amide bonds. The third-order valence-electron chi connectivity index (χ3n) is 5.26. The summed E-state index contributed by atoms with van der Waals surface area (Å²) in [6.45, 7) is 4.89. The molecule has 1 N–H and O–H groups in total. The van der Waals surface area contributed by atoms with E-state index < -0.39 is 0 Å². The van der Waals surface area contributed by atoms with Gasteiger partial charge in [-0.3, -0.25) is 9.59 Å². The Morgan fingerprint density at radius 2 is 2.00 bits per heavy atom. The second kappa shape index (κ2) is 9.65. The number of ether oxygens (including phenoxy) is 1. The number of aryl methyl sites for hydroxylation is 1. The second-order valence-electron chi connectivity index (χ2n) is 7.51. The lowest BCUT2D eigenvalue weighted by atomic mass is 10.1. The van der Waals surface area contributed by atoms with Crippen molar-refractivity contribution in [3.63, 3.8) is 0 Å². The maximum atomic E-state index is 13.5. The molecule has 0 aromatic heterocycles. The Bertz CT molecular complexity index is 878. The summed E-state index contributed by atoms with van der Waals surface area (Å²) in [7, 11) is 0. The first-order valence-corrected chi connectivity index (χ1v) is 9.92. The number of amides is 2. The number of carbonyl (C=O) groups excluding carboxylic acids is 2. The molecule has 6 heteroatoms. The molecule has 29 heavy (non-hydrogen) atoms. The third-order valence-corrected chi connectivity index (χ3v) is 5.26. The summed E-state index contributed by atoms with van der Waals surface area (Å²) in [5.74, 6) is -0.861. The van der Waals surface area contributed by atoms with E-state index in [-0.39, 0.29) is 36.7 Å². The van der Waals surface area contributed by atoms with E-state index in [1.54, 1.807) is 12.1 Å². The van der Waals surface area contributed by atoms with E-state index in [4.69, 9.17) is 4.74 Å². The maximum Gasteiger partial charge on any atom is 0.244 e. The lowest BCUT2D eigenvalue weighted by Crippen LogP contribution is -2.43. The number of nitrogens with one attached hydrogen (secondary N) is 1. The highest BCUT2D eigenvalue weighted by atomic mass is 19.1. The van der Waals surface area contributed by atoms with E-state index in [1.807, 2.05) is 32.0 Å². The molecular weight excluding hydrogens is 371 g/mol. The Labute approximate surface area is 170 Å². The maximum absolute atomic E-state index is 13.5. The highest BCUT2D eigenvalue weighted by Crippen LogP contribution is 2.19. The molecule has 1 atom stereocenters. The van der Waals surface area contributed by atoms with E-state index in [1.165, 1.54) is 17.0 Å². The molecule has 1 aliphatic rings. The van der Waals surface area contributed by atoms with E-state index in [9.17, 15) is 14.0 Å². The van der Waals surface area contributed by atoms with Crippen molar-refractivity contribution in [2.45, 2.75) is 39.2 Å². The first-order valence-electron chi connectivity index (χ1n) is 9.92. The quantitative estimate of drug-likeness (QED) is 0.775. The first kappa shape index (κ1) is 21.0. The van der Waals surface area contributed by atoms with E-state index in [0.717, 1.165) is 29.7 Å². The molecule has 0 bridgehead atoms. The van der Waals surface area contributed by atoms with Crippen molar-refractivity contribution in [3.8, 4) is 0 Å². The van der Waals surface area contributed by atoms with Gasteiger partial charge in [-0.1, -0.05) is 24.3 Å². The molecule has 0 radical (unpaired) electrons. The summed E-state index contributed by atoms with van der Waals surface area (Å²) in [6.07, 6.45) is 1.79. The fourth-order valence-electron chi connectivity index (χ4n) is 3.47. The highest BCUT2D eigenvalue weighted by molar-refractivity contribution is 5.95. The molecule has 1 heterocycles. The van der Waals surface area contributed by atoms with Crippen LogP contribution in [0.4, 0.5) is 10.1 Å². The van der Waals surface area contributed by atoms with Crippen molar-refractivity contribution in [2.24, 2.45) is 0 Å². The van der Waals surface area contributed by atoms with Gasteiger partial charge in [-0.15, -0.1) is 0 Å². The zero-order valence-electron chi connectivity index (χ0n) is 16.9. The molecule has 0 spiro atoms. The molecule has 0 saturated carbocycles. The van der Waals surface area contributed by atoms with Crippen LogP contribution in [-0.2, 0) is 20.7 Å². The van der Waals surface area contributed by atoms with E-state index in [0.29, 0.717) is 18.7 Å². The third kappa shape index (κ3) is 5.87. The van der Waals surface area contributed by atoms with Gasteiger partial charge in [0, 0.05) is 18.8 Å². The summed E-state index contributed by atoms with van der Waals surface area (Å²) in [5, 5.41) is 2.90. The zero-order chi connectivity index (χ0) is 20.8. The largest absolute Gasteiger partial charge is 0.376 e. The van der Waals surface area contributed by atoms with Gasteiger partial charge in [0.05, 0.1) is 19.1 Å². The second-order valence-corrected chi connectivity index (χ2v) is 7.51. The average molecular weight is 398 g/mol. The van der Waals surface area contributed by atoms with Crippen LogP contribution in [0.3, 0.4) is 0 Å². The number of halogens is 1. The molecule has 2 aromatic rings. The van der Waals surface area contributed by atoms with Crippen LogP contribution in [0.1, 0.15) is 29.5 Å². The van der Waals surface area contributed by atoms with Gasteiger partial charge in [0.25, 0.3) is 0 Å². The highest BCUT2D eigenvalue weighted by Gasteiger charge is 2.24. The lowest BCUT2D eigenvalue weighted by molar-refractivity contribution is -0.135. The monoisotopic (exact) mass is 398 g/mol. The first-order chi connectivity index (χ1) is 13.9. The van der Waals surface area contributed by atoms with Crippen LogP contribution in [0.25, 0.3) is 0 Å². The minimum atomic E-state index is -0.381. The summed E-state index contributed by atoms with van der Waals surface area (Å²) >= 11 is 0. The molecule has 1 saturated heterocycles. The fourth-order valence-corrected chi connectivity index (χ4v) is 3.47. The minimum absolute atomic E-state index is 0.0429. The van der Waals surface area contributed by atoms with Crippen LogP contribution in [0.5, 0.6) is 0 Å². The van der Waals surface area contributed by atoms with Crippen LogP contribution in [0.2, 0.25) is 0 Å². The number of hydrogen-bond donors (Lipinski definition) is 1. The predicted molar refractivity (Wildman–Crippen MR) is 110 cm³/mol. The molecule has 3 rings (SSSR count). The van der Waals surface area contributed by atoms with Crippen LogP contribution in [0, 0.1) is 19.7 Å². The topological polar surface area (TPSA) is 58.6 Å². The van der Waals surface area contributed by atoms with Gasteiger partial charge in [0.1, 0.15) is 5.82 Å². The van der Waals surface area contributed by atoms with Crippen molar-refractivity contribution in [2.75, 3.05) is 25.0 Å². The standard InChI is InChI=1S/C23H27FN2O3/c1-16-6-3-10-21(17(16)2)25-22(27)15-26(14-20-9-5-11-29-20)23(28)13-18-7-4-8-19(24)12-18/h3-4,6-8,10,12,20H,5,9,11,13-15H2,1-2H3,(H,25,27). The Kier molecular flexibility index (Phi) is 6.99. The Balaban J connectivity index is 1.69. The Morgan fingerprint density at radius 3 is 2.72 bits per heavy atom. The normalized spacial score (nSPS) is 15.9. The smallest absolute Gasteiger partial charge is 0.244 e. The fraction of sp³-hybridized carbons (Fsp3) is 0.391. The van der Waals surface area contributed by atoms with Gasteiger partial charge >= 0.3 is 0 Å². The van der Waals surface area contributed by atoms with Crippen molar-refractivity contribution in [1.82, 2.24) is 4.90 Å². The summed E-state index contributed by atoms with van der Waals surface area (Å²) in [5.41, 5.74) is 3.41. The van der Waals surface area contributed by atoms with Crippen LogP contribution in [0.15, 0.2) is 42.5 Å². The molecule has 154 valence electrons. The molecule has 5 nitrogen and oxygen atoms in total. The molecule has 2 aromatic carbocycles. The van der Waals surface area contributed by atoms with E-state index in [2.05, 4.69) is 5.32 Å². The molecule has 0 aliphatic carbocycles. The van der Waals surface area contributed by atoms with Crippen LogP contribution >= 0.6 is 0 Å². The van der Waals surface area contributed by atoms with Gasteiger partial charge in [0.15, 0.2) is 0 Å². The number of benzene rings is 2. The van der Waals surface area contributed by atoms with Crippen molar-refractivity contribution in [1.29, 1.82) is 0 Å². The van der Waals surface area contributed by atoms with Crippen LogP contribution < -0.4 is 5.32 Å². The number of carbonyl (C=O) groups is 2. The van der Waals surface area contributed by atoms with Gasteiger partial charge in [-0.25, -0.2) is 4.39 Å². The van der Waals surface area contributed by atoms with Crippen molar-refractivity contribution >= 4 is 17.5 Å². The number of rotatable bonds is 7. The zero-order valence-corrected chi connectivity index (χ0v) is 16.9. The Morgan fingerprint density at radius 1 is 1.21 bits per heavy atom. The SMILES string of the molecule is Cc1cccc(NC(=O)CN(CC2CCCO2)C(=O)Cc2cccc(F)c2)c1C. The molecular formula is C23H27FN2O3. The van der Waals surface area contributed by atoms with Crippen LogP contribution in [-0.4, -0.2) is 42.5 Å².